The highest BCUT2D eigenvalue weighted by atomic mass is 16.6. The van der Waals surface area contributed by atoms with Gasteiger partial charge in [-0.3, -0.25) is 0 Å². The third kappa shape index (κ3) is 2.56. The lowest BCUT2D eigenvalue weighted by Gasteiger charge is -2.06. The van der Waals surface area contributed by atoms with Crippen molar-refractivity contribution in [1.82, 2.24) is 20.2 Å². The number of benzene rings is 1. The standard InChI is InChI=1S/C16H18N4O/c1-11-15(19-21-18-11)10-20-7-6-13-8-12(2-5-16(13)20)9-17-14-3-4-14/h2,5-8,14,17H,3-4,9-10H2,1H3. The van der Waals surface area contributed by atoms with E-state index >= 15 is 0 Å². The molecule has 108 valence electrons. The highest BCUT2D eigenvalue weighted by Crippen LogP contribution is 2.22. The van der Waals surface area contributed by atoms with Crippen LogP contribution in [0.25, 0.3) is 10.9 Å². The number of aryl methyl sites for hydroxylation is 1. The molecule has 2 heterocycles. The van der Waals surface area contributed by atoms with Crippen molar-refractivity contribution in [2.24, 2.45) is 0 Å². The van der Waals surface area contributed by atoms with Crippen molar-refractivity contribution in [3.63, 3.8) is 0 Å². The normalized spacial score (nSPS) is 14.9. The van der Waals surface area contributed by atoms with Gasteiger partial charge in [-0.15, -0.1) is 0 Å². The molecule has 2 aromatic heterocycles. The van der Waals surface area contributed by atoms with Crippen LogP contribution in [0, 0.1) is 6.92 Å². The van der Waals surface area contributed by atoms with Gasteiger partial charge in [0.1, 0.15) is 11.4 Å². The van der Waals surface area contributed by atoms with Gasteiger partial charge < -0.3 is 9.88 Å². The van der Waals surface area contributed by atoms with Gasteiger partial charge in [-0.2, -0.15) is 0 Å². The van der Waals surface area contributed by atoms with E-state index in [1.54, 1.807) is 0 Å². The number of nitrogens with one attached hydrogen (secondary N) is 1. The van der Waals surface area contributed by atoms with E-state index in [9.17, 15) is 0 Å². The Bertz CT molecular complexity index is 770. The lowest BCUT2D eigenvalue weighted by Crippen LogP contribution is -2.15. The molecule has 3 aromatic rings. The van der Waals surface area contributed by atoms with Crippen LogP contribution in [0.2, 0.25) is 0 Å². The van der Waals surface area contributed by atoms with Crippen molar-refractivity contribution < 1.29 is 4.63 Å². The van der Waals surface area contributed by atoms with Gasteiger partial charge in [0, 0.05) is 24.3 Å². The summed E-state index contributed by atoms with van der Waals surface area (Å²) >= 11 is 0. The maximum absolute atomic E-state index is 4.76. The number of aromatic nitrogens is 3. The molecule has 0 atom stereocenters. The molecule has 1 aliphatic carbocycles. The summed E-state index contributed by atoms with van der Waals surface area (Å²) in [6.45, 7) is 3.57. The van der Waals surface area contributed by atoms with Crippen LogP contribution < -0.4 is 5.32 Å². The summed E-state index contributed by atoms with van der Waals surface area (Å²) in [4.78, 5) is 0. The van der Waals surface area contributed by atoms with Crippen LogP contribution in [-0.2, 0) is 13.1 Å². The van der Waals surface area contributed by atoms with E-state index < -0.39 is 0 Å². The lowest BCUT2D eigenvalue weighted by molar-refractivity contribution is 0.300. The van der Waals surface area contributed by atoms with E-state index in [-0.39, 0.29) is 0 Å². The van der Waals surface area contributed by atoms with E-state index in [2.05, 4.69) is 50.7 Å². The van der Waals surface area contributed by atoms with E-state index in [4.69, 9.17) is 4.63 Å². The maximum Gasteiger partial charge on any atom is 0.127 e. The third-order valence-electron chi connectivity index (χ3n) is 4.07. The molecule has 1 saturated carbocycles. The van der Waals surface area contributed by atoms with Crippen LogP contribution in [0.3, 0.4) is 0 Å². The van der Waals surface area contributed by atoms with Gasteiger partial charge in [-0.05, 0) is 48.9 Å². The van der Waals surface area contributed by atoms with Gasteiger partial charge in [0.2, 0.25) is 0 Å². The van der Waals surface area contributed by atoms with Gasteiger partial charge in [0.25, 0.3) is 0 Å². The Morgan fingerprint density at radius 1 is 1.29 bits per heavy atom. The highest BCUT2D eigenvalue weighted by molar-refractivity contribution is 5.81. The molecule has 0 aliphatic heterocycles. The fourth-order valence-corrected chi connectivity index (χ4v) is 2.60. The molecule has 4 rings (SSSR count). The van der Waals surface area contributed by atoms with Gasteiger partial charge in [-0.25, -0.2) is 4.63 Å². The molecule has 0 spiro atoms. The average molecular weight is 282 g/mol. The molecular weight excluding hydrogens is 264 g/mol. The predicted octanol–water partition coefficient (Wildman–Crippen LogP) is 2.63. The summed E-state index contributed by atoms with van der Waals surface area (Å²) in [5, 5.41) is 12.6. The molecule has 1 N–H and O–H groups in total. The Labute approximate surface area is 122 Å². The number of hydrogen-bond donors (Lipinski definition) is 1. The number of nitrogens with zero attached hydrogens (tertiary/aromatic N) is 3. The first-order valence-corrected chi connectivity index (χ1v) is 7.39. The monoisotopic (exact) mass is 282 g/mol. The van der Waals surface area contributed by atoms with Crippen molar-refractivity contribution in [2.75, 3.05) is 0 Å². The Morgan fingerprint density at radius 3 is 2.95 bits per heavy atom. The quantitative estimate of drug-likeness (QED) is 0.781. The van der Waals surface area contributed by atoms with E-state index in [1.807, 2.05) is 6.92 Å². The summed E-state index contributed by atoms with van der Waals surface area (Å²) in [6, 6.07) is 9.53. The second kappa shape index (κ2) is 5.00. The van der Waals surface area contributed by atoms with Crippen molar-refractivity contribution in [3.05, 3.63) is 47.4 Å². The minimum atomic E-state index is 0.693. The van der Waals surface area contributed by atoms with Gasteiger partial charge in [0.15, 0.2) is 0 Å². The molecule has 0 radical (unpaired) electrons. The van der Waals surface area contributed by atoms with Crippen LogP contribution in [-0.4, -0.2) is 20.9 Å². The average Bonchev–Trinajstić information content (AvgIpc) is 3.12. The first-order chi connectivity index (χ1) is 10.3. The smallest absolute Gasteiger partial charge is 0.127 e. The Balaban J connectivity index is 1.57. The SMILES string of the molecule is Cc1nonc1Cn1ccc2cc(CNC3CC3)ccc21. The molecule has 5 heteroatoms. The summed E-state index contributed by atoms with van der Waals surface area (Å²) < 4.78 is 6.94. The summed E-state index contributed by atoms with van der Waals surface area (Å²) in [6.07, 6.45) is 4.74. The van der Waals surface area contributed by atoms with Crippen molar-refractivity contribution in [2.45, 2.75) is 38.9 Å². The molecule has 1 fully saturated rings. The molecule has 21 heavy (non-hydrogen) atoms. The zero-order valence-electron chi connectivity index (χ0n) is 12.0. The first kappa shape index (κ1) is 12.6. The second-order valence-corrected chi connectivity index (χ2v) is 5.79. The molecule has 0 unspecified atom stereocenters. The van der Waals surface area contributed by atoms with Crippen LogP contribution in [0.5, 0.6) is 0 Å². The highest BCUT2D eigenvalue weighted by Gasteiger charge is 2.19. The van der Waals surface area contributed by atoms with Gasteiger partial charge in [0.05, 0.1) is 6.54 Å². The number of rotatable bonds is 5. The lowest BCUT2D eigenvalue weighted by atomic mass is 10.1. The maximum atomic E-state index is 4.76. The third-order valence-corrected chi connectivity index (χ3v) is 4.07. The molecule has 1 aromatic carbocycles. The van der Waals surface area contributed by atoms with E-state index in [1.165, 1.54) is 29.3 Å². The van der Waals surface area contributed by atoms with Crippen LogP contribution in [0.4, 0.5) is 0 Å². The zero-order valence-corrected chi connectivity index (χ0v) is 12.0. The van der Waals surface area contributed by atoms with Crippen molar-refractivity contribution in [1.29, 1.82) is 0 Å². The van der Waals surface area contributed by atoms with Gasteiger partial charge in [-0.1, -0.05) is 16.4 Å². The van der Waals surface area contributed by atoms with E-state index in [0.29, 0.717) is 6.54 Å². The summed E-state index contributed by atoms with van der Waals surface area (Å²) in [7, 11) is 0. The molecule has 0 bridgehead atoms. The largest absolute Gasteiger partial charge is 0.341 e. The van der Waals surface area contributed by atoms with Crippen LogP contribution >= 0.6 is 0 Å². The predicted molar refractivity (Wildman–Crippen MR) is 79.9 cm³/mol. The number of hydrogen-bond acceptors (Lipinski definition) is 4. The minimum Gasteiger partial charge on any atom is -0.341 e. The van der Waals surface area contributed by atoms with Crippen molar-refractivity contribution in [3.8, 4) is 0 Å². The first-order valence-electron chi connectivity index (χ1n) is 7.39. The zero-order chi connectivity index (χ0) is 14.2. The molecule has 0 amide bonds. The van der Waals surface area contributed by atoms with Crippen LogP contribution in [0.1, 0.15) is 29.8 Å². The second-order valence-electron chi connectivity index (χ2n) is 5.79. The topological polar surface area (TPSA) is 55.9 Å². The number of fused-ring (bicyclic) bond motifs is 1. The Kier molecular flexibility index (Phi) is 3.00. The molecule has 0 saturated heterocycles. The van der Waals surface area contributed by atoms with Gasteiger partial charge >= 0.3 is 0 Å². The fraction of sp³-hybridized carbons (Fsp3) is 0.375. The molecule has 5 nitrogen and oxygen atoms in total. The fourth-order valence-electron chi connectivity index (χ4n) is 2.60. The van der Waals surface area contributed by atoms with Crippen molar-refractivity contribution >= 4 is 10.9 Å². The van der Waals surface area contributed by atoms with E-state index in [0.717, 1.165) is 24.0 Å². The minimum absolute atomic E-state index is 0.693. The molecule has 1 aliphatic rings. The Morgan fingerprint density at radius 2 is 2.19 bits per heavy atom. The summed E-state index contributed by atoms with van der Waals surface area (Å²) in [5.41, 5.74) is 4.29. The summed E-state index contributed by atoms with van der Waals surface area (Å²) in [5.74, 6) is 0. The Hall–Kier alpha value is -2.14. The van der Waals surface area contributed by atoms with Crippen LogP contribution in [0.15, 0.2) is 35.1 Å². The molecular formula is C16H18N4O.